The smallest absolute Gasteiger partial charge is 0.149 e. The second kappa shape index (κ2) is 5.44. The van der Waals surface area contributed by atoms with Crippen molar-refractivity contribution < 1.29 is 4.48 Å². The fraction of sp³-hybridized carbons (Fsp3) is 0.615. The molecule has 5 nitrogen and oxygen atoms in total. The number of aromatic nitrogens is 1. The second-order valence-corrected chi connectivity index (χ2v) is 5.48. The highest BCUT2D eigenvalue weighted by molar-refractivity contribution is 5.65. The molecule has 5 N–H and O–H groups in total. The molecule has 0 aromatic carbocycles. The average Bonchev–Trinajstić information content (AvgIpc) is 2.33. The number of nitrogen functional groups attached to an aromatic ring is 2. The van der Waals surface area contributed by atoms with Gasteiger partial charge in [0.05, 0.1) is 50.8 Å². The molecule has 1 aromatic rings. The lowest BCUT2D eigenvalue weighted by molar-refractivity contribution is -0.912. The van der Waals surface area contributed by atoms with E-state index >= 15 is 0 Å². The van der Waals surface area contributed by atoms with Crippen LogP contribution in [0.3, 0.4) is 0 Å². The van der Waals surface area contributed by atoms with E-state index in [2.05, 4.69) is 17.3 Å². The maximum Gasteiger partial charge on any atom is 0.149 e. The minimum absolute atomic E-state index is 0.605. The molecule has 0 atom stereocenters. The maximum absolute atomic E-state index is 5.86. The molecule has 0 bridgehead atoms. The Balaban J connectivity index is 1.84. The number of hydrogen-bond acceptors (Lipinski definition) is 4. The zero-order valence-electron chi connectivity index (χ0n) is 11.2. The Morgan fingerprint density at radius 3 is 2.67 bits per heavy atom. The van der Waals surface area contributed by atoms with Gasteiger partial charge in [0.25, 0.3) is 0 Å². The number of piperidine rings is 1. The molecular weight excluding hydrogens is 226 g/mol. The van der Waals surface area contributed by atoms with Crippen molar-refractivity contribution in [3.8, 4) is 0 Å². The molecule has 1 saturated heterocycles. The summed E-state index contributed by atoms with van der Waals surface area (Å²) in [5, 5.41) is 3.31. The van der Waals surface area contributed by atoms with Gasteiger partial charge in [-0.3, -0.25) is 0 Å². The van der Waals surface area contributed by atoms with Crippen LogP contribution in [0.5, 0.6) is 0 Å². The van der Waals surface area contributed by atoms with Gasteiger partial charge in [0.1, 0.15) is 5.82 Å². The monoisotopic (exact) mass is 250 g/mol. The van der Waals surface area contributed by atoms with E-state index in [4.69, 9.17) is 11.5 Å². The number of nitrogens with one attached hydrogen (secondary N) is 1. The van der Waals surface area contributed by atoms with Crippen LogP contribution in [0.15, 0.2) is 12.3 Å². The van der Waals surface area contributed by atoms with Crippen molar-refractivity contribution in [2.45, 2.75) is 19.3 Å². The first-order chi connectivity index (χ1) is 8.59. The van der Waals surface area contributed by atoms with Gasteiger partial charge in [0.15, 0.2) is 0 Å². The van der Waals surface area contributed by atoms with Crippen molar-refractivity contribution in [3.63, 3.8) is 0 Å². The number of nitrogens with two attached hydrogens (primary N) is 2. The van der Waals surface area contributed by atoms with Crippen LogP contribution in [0.4, 0.5) is 17.2 Å². The number of quaternary nitrogens is 1. The summed E-state index contributed by atoms with van der Waals surface area (Å²) in [6, 6.07) is 1.74. The summed E-state index contributed by atoms with van der Waals surface area (Å²) in [4.78, 5) is 4.22. The number of pyridine rings is 1. The Bertz CT molecular complexity index is 398. The number of rotatable bonds is 4. The second-order valence-electron chi connectivity index (χ2n) is 5.48. The molecule has 18 heavy (non-hydrogen) atoms. The molecule has 2 rings (SSSR count). The third-order valence-electron chi connectivity index (χ3n) is 3.78. The number of nitrogens with zero attached hydrogens (tertiary/aromatic N) is 2. The molecule has 0 aliphatic carbocycles. The van der Waals surface area contributed by atoms with E-state index in [0.29, 0.717) is 11.4 Å². The Morgan fingerprint density at radius 2 is 2.00 bits per heavy atom. The minimum atomic E-state index is 0.605. The topological polar surface area (TPSA) is 77.0 Å². The highest BCUT2D eigenvalue weighted by atomic mass is 15.3. The van der Waals surface area contributed by atoms with E-state index in [1.807, 2.05) is 0 Å². The third kappa shape index (κ3) is 3.26. The number of hydrogen-bond donors (Lipinski definition) is 3. The summed E-state index contributed by atoms with van der Waals surface area (Å²) in [6.07, 6.45) is 5.71. The lowest BCUT2D eigenvalue weighted by Crippen LogP contribution is -2.50. The lowest BCUT2D eigenvalue weighted by Gasteiger charge is -2.37. The Kier molecular flexibility index (Phi) is 3.91. The molecular formula is C13H24N5+. The Hall–Kier alpha value is -1.49. The van der Waals surface area contributed by atoms with Crippen molar-refractivity contribution in [1.29, 1.82) is 0 Å². The molecule has 2 heterocycles. The zero-order valence-corrected chi connectivity index (χ0v) is 11.2. The van der Waals surface area contributed by atoms with Gasteiger partial charge < -0.3 is 21.3 Å². The first-order valence-corrected chi connectivity index (χ1v) is 6.67. The highest BCUT2D eigenvalue weighted by Crippen LogP contribution is 2.18. The van der Waals surface area contributed by atoms with Crippen LogP contribution in [-0.2, 0) is 0 Å². The van der Waals surface area contributed by atoms with Gasteiger partial charge in [-0.05, 0) is 25.3 Å². The molecule has 1 aromatic heterocycles. The molecule has 5 heteroatoms. The van der Waals surface area contributed by atoms with Gasteiger partial charge in [-0.15, -0.1) is 0 Å². The highest BCUT2D eigenvalue weighted by Gasteiger charge is 2.23. The molecule has 0 spiro atoms. The van der Waals surface area contributed by atoms with Crippen molar-refractivity contribution in [3.05, 3.63) is 12.3 Å². The predicted molar refractivity (Wildman–Crippen MR) is 76.2 cm³/mol. The van der Waals surface area contributed by atoms with E-state index in [1.54, 1.807) is 12.3 Å². The molecule has 0 radical (unpaired) electrons. The Morgan fingerprint density at radius 1 is 1.28 bits per heavy atom. The van der Waals surface area contributed by atoms with E-state index in [-0.39, 0.29) is 0 Å². The van der Waals surface area contributed by atoms with Crippen molar-refractivity contribution in [1.82, 2.24) is 4.98 Å². The normalized spacial score (nSPS) is 18.5. The van der Waals surface area contributed by atoms with Crippen LogP contribution in [0, 0.1) is 0 Å². The van der Waals surface area contributed by atoms with Crippen LogP contribution in [0.25, 0.3) is 0 Å². The largest absolute Gasteiger partial charge is 0.397 e. The zero-order chi connectivity index (χ0) is 13.0. The van der Waals surface area contributed by atoms with E-state index in [0.717, 1.165) is 23.4 Å². The van der Waals surface area contributed by atoms with Crippen LogP contribution >= 0.6 is 0 Å². The maximum atomic E-state index is 5.86. The molecule has 0 amide bonds. The van der Waals surface area contributed by atoms with E-state index in [1.165, 1.54) is 32.4 Å². The van der Waals surface area contributed by atoms with Crippen LogP contribution < -0.4 is 16.8 Å². The summed E-state index contributed by atoms with van der Waals surface area (Å²) >= 11 is 0. The number of likely N-dealkylation sites (tertiary alicyclic amines) is 1. The standard InChI is InChI=1S/C13H24N5/c1-18(6-3-2-4-7-18)8-5-16-13-12(15)9-11(14)10-17-13/h9-10H,2-8,14-15H2,1H3,(H,16,17)/q+1. The number of anilines is 3. The third-order valence-corrected chi connectivity index (χ3v) is 3.78. The van der Waals surface area contributed by atoms with E-state index in [9.17, 15) is 0 Å². The van der Waals surface area contributed by atoms with Crippen molar-refractivity contribution in [2.24, 2.45) is 0 Å². The first-order valence-electron chi connectivity index (χ1n) is 6.67. The average molecular weight is 250 g/mol. The van der Waals surface area contributed by atoms with Gasteiger partial charge in [-0.1, -0.05) is 0 Å². The summed E-state index contributed by atoms with van der Waals surface area (Å²) in [6.45, 7) is 4.59. The van der Waals surface area contributed by atoms with Crippen LogP contribution in [0.1, 0.15) is 19.3 Å². The summed E-state index contributed by atoms with van der Waals surface area (Å²) in [5.74, 6) is 0.743. The van der Waals surface area contributed by atoms with Gasteiger partial charge in [0.2, 0.25) is 0 Å². The molecule has 0 unspecified atom stereocenters. The fourth-order valence-electron chi connectivity index (χ4n) is 2.59. The van der Waals surface area contributed by atoms with E-state index < -0.39 is 0 Å². The quantitative estimate of drug-likeness (QED) is 0.704. The summed E-state index contributed by atoms with van der Waals surface area (Å²) in [5.41, 5.74) is 12.7. The van der Waals surface area contributed by atoms with Crippen LogP contribution in [0.2, 0.25) is 0 Å². The molecule has 0 saturated carbocycles. The van der Waals surface area contributed by atoms with Crippen molar-refractivity contribution in [2.75, 3.05) is 50.0 Å². The molecule has 1 aliphatic heterocycles. The summed E-state index contributed by atoms with van der Waals surface area (Å²) < 4.78 is 1.15. The van der Waals surface area contributed by atoms with Crippen molar-refractivity contribution >= 4 is 17.2 Å². The summed E-state index contributed by atoms with van der Waals surface area (Å²) in [7, 11) is 2.33. The van der Waals surface area contributed by atoms with Gasteiger partial charge in [-0.25, -0.2) is 4.98 Å². The van der Waals surface area contributed by atoms with Gasteiger partial charge in [0, 0.05) is 0 Å². The number of likely N-dealkylation sites (N-methyl/N-ethyl adjacent to an activating group) is 1. The molecule has 100 valence electrons. The first kappa shape index (κ1) is 13.0. The Labute approximate surface area is 109 Å². The SMILES string of the molecule is C[N+]1(CCNc2ncc(N)cc2N)CCCCC1. The lowest BCUT2D eigenvalue weighted by atomic mass is 10.1. The predicted octanol–water partition coefficient (Wildman–Crippen LogP) is 1.29. The molecule has 1 aliphatic rings. The van der Waals surface area contributed by atoms with Gasteiger partial charge in [-0.2, -0.15) is 0 Å². The molecule has 1 fully saturated rings. The van der Waals surface area contributed by atoms with Gasteiger partial charge >= 0.3 is 0 Å². The van der Waals surface area contributed by atoms with Crippen LogP contribution in [-0.4, -0.2) is 42.7 Å². The minimum Gasteiger partial charge on any atom is -0.397 e. The fourth-order valence-corrected chi connectivity index (χ4v) is 2.59.